The third-order valence-electron chi connectivity index (χ3n) is 3.14. The van der Waals surface area contributed by atoms with Gasteiger partial charge in [-0.05, 0) is 33.3 Å². The van der Waals surface area contributed by atoms with E-state index in [0.717, 1.165) is 11.1 Å². The van der Waals surface area contributed by atoms with Gasteiger partial charge in [-0.1, -0.05) is 29.8 Å². The molecule has 0 saturated carbocycles. The summed E-state index contributed by atoms with van der Waals surface area (Å²) in [5.74, 6) is 0. The molecule has 3 nitrogen and oxygen atoms in total. The monoisotopic (exact) mass is 255 g/mol. The van der Waals surface area contributed by atoms with Crippen molar-refractivity contribution in [3.8, 4) is 0 Å². The van der Waals surface area contributed by atoms with Crippen molar-refractivity contribution in [3.05, 3.63) is 35.4 Å². The predicted molar refractivity (Wildman–Crippen MR) is 71.6 cm³/mol. The molecule has 0 heterocycles. The van der Waals surface area contributed by atoms with Gasteiger partial charge in [0.05, 0.1) is 10.5 Å². The molecule has 2 N–H and O–H groups in total. The first-order valence-corrected chi connectivity index (χ1v) is 7.42. The van der Waals surface area contributed by atoms with E-state index in [1.165, 1.54) is 0 Å². The van der Waals surface area contributed by atoms with Gasteiger partial charge in [0.25, 0.3) is 0 Å². The maximum atomic E-state index is 12.0. The Hall–Kier alpha value is -0.870. The van der Waals surface area contributed by atoms with E-state index in [-0.39, 0.29) is 0 Å². The Kier molecular flexibility index (Phi) is 4.33. The number of nitrogens with two attached hydrogens (primary N) is 1. The van der Waals surface area contributed by atoms with Crippen LogP contribution < -0.4 is 5.73 Å². The number of benzene rings is 1. The summed E-state index contributed by atoms with van der Waals surface area (Å²) in [7, 11) is -3.16. The van der Waals surface area contributed by atoms with Crippen LogP contribution in [0.3, 0.4) is 0 Å². The van der Waals surface area contributed by atoms with E-state index in [4.69, 9.17) is 5.73 Å². The fraction of sp³-hybridized carbons (Fsp3) is 0.538. The van der Waals surface area contributed by atoms with Gasteiger partial charge in [-0.25, -0.2) is 8.42 Å². The lowest BCUT2D eigenvalue weighted by molar-refractivity contribution is 0.556. The summed E-state index contributed by atoms with van der Waals surface area (Å²) in [5.41, 5.74) is 8.04. The molecule has 1 rings (SSSR count). The zero-order valence-electron chi connectivity index (χ0n) is 10.8. The summed E-state index contributed by atoms with van der Waals surface area (Å²) in [5, 5.41) is -0.959. The van der Waals surface area contributed by atoms with Crippen molar-refractivity contribution in [1.82, 2.24) is 0 Å². The molecule has 0 amide bonds. The van der Waals surface area contributed by atoms with Crippen LogP contribution in [0.25, 0.3) is 0 Å². The van der Waals surface area contributed by atoms with Crippen molar-refractivity contribution in [2.75, 3.05) is 0 Å². The lowest BCUT2D eigenvalue weighted by Crippen LogP contribution is -2.35. The summed E-state index contributed by atoms with van der Waals surface area (Å²) in [6, 6.07) is 7.22. The summed E-state index contributed by atoms with van der Waals surface area (Å²) >= 11 is 0. The number of hydrogen-bond acceptors (Lipinski definition) is 3. The molecule has 0 fully saturated rings. The number of hydrogen-bond donors (Lipinski definition) is 1. The van der Waals surface area contributed by atoms with Crippen molar-refractivity contribution in [2.45, 2.75) is 44.2 Å². The Balaban J connectivity index is 2.98. The minimum Gasteiger partial charge on any atom is -0.323 e. The molecule has 0 aliphatic carbocycles. The van der Waals surface area contributed by atoms with Crippen LogP contribution in [0.4, 0.5) is 0 Å². The van der Waals surface area contributed by atoms with Gasteiger partial charge in [0.15, 0.2) is 9.84 Å². The first-order valence-electron chi connectivity index (χ1n) is 5.81. The second-order valence-electron chi connectivity index (χ2n) is 4.78. The molecule has 0 saturated heterocycles. The van der Waals surface area contributed by atoms with Crippen LogP contribution >= 0.6 is 0 Å². The first-order chi connectivity index (χ1) is 7.76. The van der Waals surface area contributed by atoms with Gasteiger partial charge in [-0.2, -0.15) is 0 Å². The average Bonchev–Trinajstić information content (AvgIpc) is 2.27. The summed E-state index contributed by atoms with van der Waals surface area (Å²) < 4.78 is 24.1. The van der Waals surface area contributed by atoms with Crippen molar-refractivity contribution in [2.24, 2.45) is 5.73 Å². The van der Waals surface area contributed by atoms with Gasteiger partial charge in [0.2, 0.25) is 0 Å². The Morgan fingerprint density at radius 3 is 1.94 bits per heavy atom. The van der Waals surface area contributed by atoms with Crippen LogP contribution in [0.5, 0.6) is 0 Å². The molecule has 0 aromatic heterocycles. The molecule has 4 heteroatoms. The Morgan fingerprint density at radius 1 is 1.06 bits per heavy atom. The summed E-state index contributed by atoms with van der Waals surface area (Å²) in [6.07, 6.45) is 0. The lowest BCUT2D eigenvalue weighted by atomic mass is 10.0. The van der Waals surface area contributed by atoms with E-state index in [0.29, 0.717) is 0 Å². The third kappa shape index (κ3) is 3.07. The van der Waals surface area contributed by atoms with Gasteiger partial charge < -0.3 is 5.73 Å². The minimum atomic E-state index is -3.16. The minimum absolute atomic E-state index is 0.394. The maximum Gasteiger partial charge on any atom is 0.157 e. The standard InChI is InChI=1S/C13H21NO2S/c1-9(2)17(15,16)11(4)13(14)12-7-5-10(3)6-8-12/h5-9,11,13H,14H2,1-4H3. The lowest BCUT2D eigenvalue weighted by Gasteiger charge is -2.22. The van der Waals surface area contributed by atoms with Crippen molar-refractivity contribution in [1.29, 1.82) is 0 Å². The highest BCUT2D eigenvalue weighted by Gasteiger charge is 2.30. The van der Waals surface area contributed by atoms with Gasteiger partial charge in [0, 0.05) is 6.04 Å². The van der Waals surface area contributed by atoms with E-state index in [9.17, 15) is 8.42 Å². The molecule has 1 aromatic carbocycles. The molecule has 0 aliphatic rings. The highest BCUT2D eigenvalue weighted by Crippen LogP contribution is 2.22. The quantitative estimate of drug-likeness (QED) is 0.897. The van der Waals surface area contributed by atoms with Crippen molar-refractivity contribution in [3.63, 3.8) is 0 Å². The molecule has 0 aliphatic heterocycles. The van der Waals surface area contributed by atoms with Crippen LogP contribution in [-0.4, -0.2) is 18.9 Å². The largest absolute Gasteiger partial charge is 0.323 e. The average molecular weight is 255 g/mol. The van der Waals surface area contributed by atoms with E-state index in [1.807, 2.05) is 31.2 Å². The van der Waals surface area contributed by atoms with Gasteiger partial charge in [0.1, 0.15) is 0 Å². The molecule has 1 aromatic rings. The third-order valence-corrected chi connectivity index (χ3v) is 5.79. The van der Waals surface area contributed by atoms with E-state index in [2.05, 4.69) is 0 Å². The van der Waals surface area contributed by atoms with Crippen LogP contribution in [0.2, 0.25) is 0 Å². The number of sulfone groups is 1. The number of rotatable bonds is 4. The molecule has 0 bridgehead atoms. The molecular weight excluding hydrogens is 234 g/mol. The first kappa shape index (κ1) is 14.2. The molecule has 2 unspecified atom stereocenters. The van der Waals surface area contributed by atoms with Gasteiger partial charge in [-0.15, -0.1) is 0 Å². The van der Waals surface area contributed by atoms with Gasteiger partial charge >= 0.3 is 0 Å². The van der Waals surface area contributed by atoms with Crippen molar-refractivity contribution < 1.29 is 8.42 Å². The Morgan fingerprint density at radius 2 is 1.53 bits per heavy atom. The second kappa shape index (κ2) is 5.19. The number of aryl methyl sites for hydroxylation is 1. The fourth-order valence-electron chi connectivity index (χ4n) is 1.69. The van der Waals surface area contributed by atoms with E-state index < -0.39 is 26.4 Å². The predicted octanol–water partition coefficient (Wildman–Crippen LogP) is 2.21. The SMILES string of the molecule is Cc1ccc(C(N)C(C)S(=O)(=O)C(C)C)cc1. The molecule has 96 valence electrons. The van der Waals surface area contributed by atoms with Crippen LogP contribution in [0, 0.1) is 6.92 Å². The smallest absolute Gasteiger partial charge is 0.157 e. The van der Waals surface area contributed by atoms with E-state index in [1.54, 1.807) is 20.8 Å². The molecule has 17 heavy (non-hydrogen) atoms. The maximum absolute atomic E-state index is 12.0. The highest BCUT2D eigenvalue weighted by atomic mass is 32.2. The normalized spacial score (nSPS) is 15.9. The summed E-state index contributed by atoms with van der Waals surface area (Å²) in [4.78, 5) is 0. The topological polar surface area (TPSA) is 60.2 Å². The molecule has 2 atom stereocenters. The van der Waals surface area contributed by atoms with E-state index >= 15 is 0 Å². The zero-order chi connectivity index (χ0) is 13.2. The highest BCUT2D eigenvalue weighted by molar-refractivity contribution is 7.92. The van der Waals surface area contributed by atoms with Crippen molar-refractivity contribution >= 4 is 9.84 Å². The Bertz CT molecular complexity index is 463. The fourth-order valence-corrected chi connectivity index (χ4v) is 3.12. The van der Waals surface area contributed by atoms with Gasteiger partial charge in [-0.3, -0.25) is 0 Å². The van der Waals surface area contributed by atoms with Crippen LogP contribution in [-0.2, 0) is 9.84 Å². The second-order valence-corrected chi connectivity index (χ2v) is 7.64. The molecule has 0 radical (unpaired) electrons. The zero-order valence-corrected chi connectivity index (χ0v) is 11.7. The van der Waals surface area contributed by atoms with Crippen LogP contribution in [0.1, 0.15) is 37.9 Å². The van der Waals surface area contributed by atoms with Crippen LogP contribution in [0.15, 0.2) is 24.3 Å². The molecule has 0 spiro atoms. The summed E-state index contributed by atoms with van der Waals surface area (Å²) in [6.45, 7) is 7.05. The Labute approximate surface area is 104 Å². The molecular formula is C13H21NO2S.